The van der Waals surface area contributed by atoms with E-state index in [1.54, 1.807) is 6.92 Å². The molecule has 1 saturated heterocycles. The van der Waals surface area contributed by atoms with Crippen LogP contribution in [-0.4, -0.2) is 42.0 Å². The van der Waals surface area contributed by atoms with Crippen molar-refractivity contribution in [3.05, 3.63) is 35.9 Å². The number of alkyl halides is 1. The van der Waals surface area contributed by atoms with Gasteiger partial charge >= 0.3 is 0 Å². The fourth-order valence-electron chi connectivity index (χ4n) is 2.32. The van der Waals surface area contributed by atoms with Crippen molar-refractivity contribution in [1.29, 1.82) is 0 Å². The molecule has 0 spiro atoms. The normalized spacial score (nSPS) is 21.2. The zero-order chi connectivity index (χ0) is 13.7. The number of rotatable bonds is 4. The Kier molecular flexibility index (Phi) is 5.23. The summed E-state index contributed by atoms with van der Waals surface area (Å²) in [7, 11) is 0. The predicted octanol–water partition coefficient (Wildman–Crippen LogP) is 2.47. The largest absolute Gasteiger partial charge is 0.375 e. The number of hydrogen-bond donors (Lipinski definition) is 0. The van der Waals surface area contributed by atoms with Crippen molar-refractivity contribution in [2.45, 2.75) is 31.2 Å². The molecule has 1 aromatic carbocycles. The van der Waals surface area contributed by atoms with Crippen molar-refractivity contribution in [3.8, 4) is 0 Å². The van der Waals surface area contributed by atoms with E-state index >= 15 is 0 Å². The standard InChI is InChI=1S/C15H20ClNO2/c1-12(16)15(18)17-9-10-19-14(11-17)8-7-13-5-3-2-4-6-13/h2-6,12,14H,7-11H2,1H3. The number of ether oxygens (including phenoxy) is 1. The Morgan fingerprint density at radius 3 is 2.89 bits per heavy atom. The highest BCUT2D eigenvalue weighted by atomic mass is 35.5. The fraction of sp³-hybridized carbons (Fsp3) is 0.533. The molecule has 1 aromatic rings. The number of halogens is 1. The summed E-state index contributed by atoms with van der Waals surface area (Å²) in [5.41, 5.74) is 1.31. The molecule has 2 unspecified atom stereocenters. The molecule has 0 radical (unpaired) electrons. The van der Waals surface area contributed by atoms with Gasteiger partial charge in [0.05, 0.1) is 12.7 Å². The Balaban J connectivity index is 1.83. The Labute approximate surface area is 119 Å². The van der Waals surface area contributed by atoms with Crippen LogP contribution >= 0.6 is 11.6 Å². The molecule has 1 aliphatic heterocycles. The number of hydrogen-bond acceptors (Lipinski definition) is 2. The first kappa shape index (κ1) is 14.4. The lowest BCUT2D eigenvalue weighted by Gasteiger charge is -2.33. The average molecular weight is 282 g/mol. The van der Waals surface area contributed by atoms with E-state index in [-0.39, 0.29) is 12.0 Å². The van der Waals surface area contributed by atoms with Gasteiger partial charge in [-0.3, -0.25) is 4.79 Å². The maximum absolute atomic E-state index is 11.9. The Bertz CT molecular complexity index is 408. The Hall–Kier alpha value is -1.06. The summed E-state index contributed by atoms with van der Waals surface area (Å²) in [6.07, 6.45) is 2.03. The molecule has 0 saturated carbocycles. The topological polar surface area (TPSA) is 29.5 Å². The van der Waals surface area contributed by atoms with Crippen molar-refractivity contribution >= 4 is 17.5 Å². The summed E-state index contributed by atoms with van der Waals surface area (Å²) in [5.74, 6) is 0.00896. The second kappa shape index (κ2) is 6.92. The molecule has 0 aliphatic carbocycles. The van der Waals surface area contributed by atoms with Crippen molar-refractivity contribution < 1.29 is 9.53 Å². The van der Waals surface area contributed by atoms with Gasteiger partial charge in [-0.25, -0.2) is 0 Å². The molecule has 2 rings (SSSR count). The Morgan fingerprint density at radius 1 is 1.47 bits per heavy atom. The maximum atomic E-state index is 11.9. The van der Waals surface area contributed by atoms with Gasteiger partial charge in [-0.2, -0.15) is 0 Å². The highest BCUT2D eigenvalue weighted by Gasteiger charge is 2.26. The van der Waals surface area contributed by atoms with Gasteiger partial charge in [0.25, 0.3) is 0 Å². The fourth-order valence-corrected chi connectivity index (χ4v) is 2.46. The molecule has 1 amide bonds. The van der Waals surface area contributed by atoms with Gasteiger partial charge < -0.3 is 9.64 Å². The van der Waals surface area contributed by atoms with Crippen LogP contribution in [0.1, 0.15) is 18.9 Å². The quantitative estimate of drug-likeness (QED) is 0.794. The van der Waals surface area contributed by atoms with Gasteiger partial charge in [0.2, 0.25) is 5.91 Å². The van der Waals surface area contributed by atoms with E-state index in [0.29, 0.717) is 19.7 Å². The third-order valence-corrected chi connectivity index (χ3v) is 3.58. The molecular formula is C15H20ClNO2. The lowest BCUT2D eigenvalue weighted by molar-refractivity contribution is -0.138. The average Bonchev–Trinajstić information content (AvgIpc) is 2.45. The molecule has 2 atom stereocenters. The number of amides is 1. The molecule has 0 bridgehead atoms. The van der Waals surface area contributed by atoms with E-state index in [1.807, 2.05) is 23.1 Å². The third-order valence-electron chi connectivity index (χ3n) is 3.39. The van der Waals surface area contributed by atoms with E-state index in [0.717, 1.165) is 12.8 Å². The highest BCUT2D eigenvalue weighted by molar-refractivity contribution is 6.30. The Morgan fingerprint density at radius 2 is 2.21 bits per heavy atom. The first-order valence-corrected chi connectivity index (χ1v) is 7.19. The summed E-state index contributed by atoms with van der Waals surface area (Å²) in [6, 6.07) is 10.3. The van der Waals surface area contributed by atoms with E-state index in [2.05, 4.69) is 12.1 Å². The predicted molar refractivity (Wildman–Crippen MR) is 76.4 cm³/mol. The molecule has 19 heavy (non-hydrogen) atoms. The smallest absolute Gasteiger partial charge is 0.240 e. The molecule has 4 heteroatoms. The number of carbonyl (C=O) groups is 1. The van der Waals surface area contributed by atoms with Crippen LogP contribution in [0.15, 0.2) is 30.3 Å². The van der Waals surface area contributed by atoms with Crippen molar-refractivity contribution in [2.75, 3.05) is 19.7 Å². The van der Waals surface area contributed by atoms with Gasteiger partial charge in [0.15, 0.2) is 0 Å². The summed E-state index contributed by atoms with van der Waals surface area (Å²) in [4.78, 5) is 13.7. The van der Waals surface area contributed by atoms with Crippen LogP contribution in [0.4, 0.5) is 0 Å². The second-order valence-corrected chi connectivity index (χ2v) is 5.57. The van der Waals surface area contributed by atoms with Gasteiger partial charge in [-0.1, -0.05) is 30.3 Å². The minimum Gasteiger partial charge on any atom is -0.375 e. The van der Waals surface area contributed by atoms with E-state index < -0.39 is 5.38 Å². The van der Waals surface area contributed by atoms with E-state index in [4.69, 9.17) is 16.3 Å². The molecule has 3 nitrogen and oxygen atoms in total. The maximum Gasteiger partial charge on any atom is 0.240 e. The molecule has 1 aliphatic rings. The summed E-state index contributed by atoms with van der Waals surface area (Å²) < 4.78 is 5.72. The second-order valence-electron chi connectivity index (χ2n) is 4.92. The molecule has 0 N–H and O–H groups in total. The van der Waals surface area contributed by atoms with Crippen LogP contribution in [0.3, 0.4) is 0 Å². The first-order chi connectivity index (χ1) is 9.16. The van der Waals surface area contributed by atoms with Crippen LogP contribution in [0.2, 0.25) is 0 Å². The van der Waals surface area contributed by atoms with Gasteiger partial charge in [-0.05, 0) is 25.3 Å². The molecule has 1 heterocycles. The molecule has 0 aromatic heterocycles. The lowest BCUT2D eigenvalue weighted by Crippen LogP contribution is -2.47. The minimum absolute atomic E-state index is 0.00896. The van der Waals surface area contributed by atoms with Crippen LogP contribution in [0.25, 0.3) is 0 Å². The highest BCUT2D eigenvalue weighted by Crippen LogP contribution is 2.14. The lowest BCUT2D eigenvalue weighted by atomic mass is 10.1. The van der Waals surface area contributed by atoms with Crippen molar-refractivity contribution in [1.82, 2.24) is 4.90 Å². The van der Waals surface area contributed by atoms with Crippen LogP contribution in [-0.2, 0) is 16.0 Å². The number of carbonyl (C=O) groups excluding carboxylic acids is 1. The van der Waals surface area contributed by atoms with Gasteiger partial charge in [0.1, 0.15) is 5.38 Å². The summed E-state index contributed by atoms with van der Waals surface area (Å²) in [5, 5.41) is -0.451. The number of aryl methyl sites for hydroxylation is 1. The van der Waals surface area contributed by atoms with Crippen LogP contribution in [0, 0.1) is 0 Å². The summed E-state index contributed by atoms with van der Waals surface area (Å²) >= 11 is 5.85. The zero-order valence-corrected chi connectivity index (χ0v) is 12.0. The van der Waals surface area contributed by atoms with Crippen LogP contribution in [0.5, 0.6) is 0 Å². The van der Waals surface area contributed by atoms with E-state index in [1.165, 1.54) is 5.56 Å². The minimum atomic E-state index is -0.451. The SMILES string of the molecule is CC(Cl)C(=O)N1CCOC(CCc2ccccc2)C1. The zero-order valence-electron chi connectivity index (χ0n) is 11.2. The first-order valence-electron chi connectivity index (χ1n) is 6.75. The van der Waals surface area contributed by atoms with Crippen LogP contribution < -0.4 is 0 Å². The van der Waals surface area contributed by atoms with Gasteiger partial charge in [-0.15, -0.1) is 11.6 Å². The van der Waals surface area contributed by atoms with E-state index in [9.17, 15) is 4.79 Å². The molecular weight excluding hydrogens is 262 g/mol. The van der Waals surface area contributed by atoms with Gasteiger partial charge in [0, 0.05) is 13.1 Å². The molecule has 1 fully saturated rings. The van der Waals surface area contributed by atoms with Crippen molar-refractivity contribution in [2.24, 2.45) is 0 Å². The third kappa shape index (κ3) is 4.22. The number of benzene rings is 1. The number of morpholine rings is 1. The monoisotopic (exact) mass is 281 g/mol. The number of nitrogens with zero attached hydrogens (tertiary/aromatic N) is 1. The molecule has 104 valence electrons. The summed E-state index contributed by atoms with van der Waals surface area (Å²) in [6.45, 7) is 3.63. The van der Waals surface area contributed by atoms with Crippen molar-refractivity contribution in [3.63, 3.8) is 0 Å².